The monoisotopic (exact) mass is 348 g/mol. The number of ether oxygens (including phenoxy) is 1. The Morgan fingerprint density at radius 1 is 1.05 bits per heavy atom. The van der Waals surface area contributed by atoms with Crippen LogP contribution in [0.5, 0.6) is 0 Å². The maximum absolute atomic E-state index is 11.5. The largest absolute Gasteiger partial charge is 1.00 e. The first-order valence-electron chi connectivity index (χ1n) is 7.56. The van der Waals surface area contributed by atoms with E-state index in [1.807, 2.05) is 0 Å². The first kappa shape index (κ1) is 24.3. The smallest absolute Gasteiger partial charge is 1.00 e. The Morgan fingerprint density at radius 2 is 1.52 bits per heavy atom. The summed E-state index contributed by atoms with van der Waals surface area (Å²) in [5.74, 6) is -0.849. The fraction of sp³-hybridized carbons (Fsp3) is 0.929. The van der Waals surface area contributed by atoms with Crippen molar-refractivity contribution in [2.24, 2.45) is 0 Å². The minimum absolute atomic E-state index is 0. The van der Waals surface area contributed by atoms with Crippen molar-refractivity contribution in [3.8, 4) is 0 Å². The van der Waals surface area contributed by atoms with Gasteiger partial charge in [-0.1, -0.05) is 58.3 Å². The van der Waals surface area contributed by atoms with E-state index in [9.17, 15) is 13.2 Å². The van der Waals surface area contributed by atoms with E-state index < -0.39 is 21.3 Å². The molecule has 1 N–H and O–H groups in total. The van der Waals surface area contributed by atoms with Gasteiger partial charge in [0, 0.05) is 0 Å². The molecule has 0 aromatic heterocycles. The van der Waals surface area contributed by atoms with Gasteiger partial charge in [-0.25, -0.2) is 0 Å². The summed E-state index contributed by atoms with van der Waals surface area (Å²) in [6.45, 7) is 3.89. The molecule has 0 aromatic carbocycles. The first-order valence-corrected chi connectivity index (χ1v) is 9.06. The molecular weight excluding hydrogens is 319 g/mol. The summed E-state index contributed by atoms with van der Waals surface area (Å²) in [5, 5.41) is -1.43. The van der Waals surface area contributed by atoms with E-state index in [-0.39, 0.29) is 65.8 Å². The van der Waals surface area contributed by atoms with Gasteiger partial charge in [0.1, 0.15) is 0 Å². The van der Waals surface area contributed by atoms with E-state index in [1.54, 1.807) is 6.92 Å². The van der Waals surface area contributed by atoms with E-state index in [0.29, 0.717) is 6.42 Å². The van der Waals surface area contributed by atoms with Crippen molar-refractivity contribution in [2.75, 3.05) is 6.61 Å². The van der Waals surface area contributed by atoms with Gasteiger partial charge in [0.15, 0.2) is 5.25 Å². The zero-order valence-electron chi connectivity index (χ0n) is 14.6. The number of hydrogen-bond donors (Lipinski definition) is 1. The standard InChI is InChI=1S/C14H28O5S.K.H/c1-3-5-6-7-8-9-10-11-12-13(20(16,17)18)14(15)19-4-2;;/h13H,3-12H2,1-2H3,(H,16,17,18);;/q;+1;-1. The number of carbonyl (C=O) groups excluding carboxylic acids is 1. The molecule has 0 amide bonds. The van der Waals surface area contributed by atoms with Gasteiger partial charge >= 0.3 is 57.4 Å². The van der Waals surface area contributed by atoms with E-state index in [0.717, 1.165) is 19.3 Å². The van der Waals surface area contributed by atoms with Crippen molar-refractivity contribution < 1.29 is 75.3 Å². The Kier molecular flexibility index (Phi) is 16.9. The predicted octanol–water partition coefficient (Wildman–Crippen LogP) is 0.453. The molecule has 0 spiro atoms. The molecule has 0 saturated carbocycles. The molecule has 122 valence electrons. The molecule has 0 fully saturated rings. The van der Waals surface area contributed by atoms with Gasteiger partial charge in [0.2, 0.25) is 0 Å². The van der Waals surface area contributed by atoms with Gasteiger partial charge in [-0.2, -0.15) is 8.42 Å². The van der Waals surface area contributed by atoms with Gasteiger partial charge in [0.25, 0.3) is 10.1 Å². The molecule has 0 radical (unpaired) electrons. The van der Waals surface area contributed by atoms with Crippen LogP contribution in [0.25, 0.3) is 0 Å². The number of esters is 1. The minimum Gasteiger partial charge on any atom is -1.00 e. The normalized spacial score (nSPS) is 12.5. The summed E-state index contributed by atoms with van der Waals surface area (Å²) >= 11 is 0. The molecule has 21 heavy (non-hydrogen) atoms. The minimum atomic E-state index is -4.37. The van der Waals surface area contributed by atoms with Crippen LogP contribution in [0.3, 0.4) is 0 Å². The van der Waals surface area contributed by atoms with Crippen LogP contribution in [0.2, 0.25) is 0 Å². The van der Waals surface area contributed by atoms with Gasteiger partial charge in [-0.3, -0.25) is 9.35 Å². The van der Waals surface area contributed by atoms with Crippen molar-refractivity contribution in [1.29, 1.82) is 0 Å². The Bertz CT molecular complexity index is 362. The summed E-state index contributed by atoms with van der Waals surface area (Å²) in [4.78, 5) is 11.5. The van der Waals surface area contributed by atoms with Gasteiger partial charge < -0.3 is 6.16 Å². The van der Waals surface area contributed by atoms with E-state index in [4.69, 9.17) is 4.55 Å². The molecule has 0 aliphatic heterocycles. The number of rotatable bonds is 12. The third kappa shape index (κ3) is 13.2. The zero-order valence-corrected chi connectivity index (χ0v) is 17.6. The van der Waals surface area contributed by atoms with E-state index in [1.165, 1.54) is 25.7 Å². The molecule has 0 aliphatic rings. The van der Waals surface area contributed by atoms with Crippen LogP contribution in [0.4, 0.5) is 0 Å². The summed E-state index contributed by atoms with van der Waals surface area (Å²) in [5.41, 5.74) is 0. The maximum atomic E-state index is 11.5. The fourth-order valence-electron chi connectivity index (χ4n) is 2.09. The predicted molar refractivity (Wildman–Crippen MR) is 80.3 cm³/mol. The third-order valence-corrected chi connectivity index (χ3v) is 4.38. The van der Waals surface area contributed by atoms with Crippen LogP contribution in [-0.4, -0.2) is 30.8 Å². The molecule has 0 bridgehead atoms. The molecule has 7 heteroatoms. The second kappa shape index (κ2) is 14.6. The van der Waals surface area contributed by atoms with Crippen molar-refractivity contribution in [2.45, 2.75) is 76.9 Å². The fourth-order valence-corrected chi connectivity index (χ4v) is 2.86. The Morgan fingerprint density at radius 3 is 1.95 bits per heavy atom. The van der Waals surface area contributed by atoms with Gasteiger partial charge in [-0.05, 0) is 13.3 Å². The number of carbonyl (C=O) groups is 1. The van der Waals surface area contributed by atoms with Crippen LogP contribution in [0.1, 0.15) is 73.1 Å². The topological polar surface area (TPSA) is 80.7 Å². The van der Waals surface area contributed by atoms with Gasteiger partial charge in [0.05, 0.1) is 6.61 Å². The molecule has 0 heterocycles. The molecule has 0 aromatic rings. The van der Waals surface area contributed by atoms with Crippen LogP contribution < -0.4 is 51.4 Å². The third-order valence-electron chi connectivity index (χ3n) is 3.23. The summed E-state index contributed by atoms with van der Waals surface area (Å²) in [7, 11) is -4.37. The molecule has 1 unspecified atom stereocenters. The van der Waals surface area contributed by atoms with Crippen LogP contribution >= 0.6 is 0 Å². The van der Waals surface area contributed by atoms with E-state index in [2.05, 4.69) is 11.7 Å². The van der Waals surface area contributed by atoms with Crippen LogP contribution in [-0.2, 0) is 19.6 Å². The molecular formula is C14H29KO5S. The second-order valence-corrected chi connectivity index (χ2v) is 6.62. The second-order valence-electron chi connectivity index (χ2n) is 5.02. The molecule has 0 saturated heterocycles. The summed E-state index contributed by atoms with van der Waals surface area (Å²) in [6, 6.07) is 0. The Labute approximate surface area is 173 Å². The summed E-state index contributed by atoms with van der Waals surface area (Å²) in [6.07, 6.45) is 8.70. The number of hydrogen-bond acceptors (Lipinski definition) is 4. The zero-order chi connectivity index (χ0) is 15.4. The van der Waals surface area contributed by atoms with Crippen LogP contribution in [0, 0.1) is 0 Å². The number of unbranched alkanes of at least 4 members (excludes halogenated alkanes) is 7. The Hall–Kier alpha value is 1.02. The van der Waals surface area contributed by atoms with Crippen molar-refractivity contribution >= 4 is 16.1 Å². The van der Waals surface area contributed by atoms with Crippen molar-refractivity contribution in [1.82, 2.24) is 0 Å². The molecule has 5 nitrogen and oxygen atoms in total. The maximum Gasteiger partial charge on any atom is 1.00 e. The Balaban J connectivity index is -0.00000180. The first-order chi connectivity index (χ1) is 9.43. The SMILES string of the molecule is CCCCCCCCCCC(C(=O)OCC)S(=O)(=O)O.[H-].[K+]. The molecule has 0 aliphatic carbocycles. The quantitative estimate of drug-likeness (QED) is 0.240. The molecule has 1 atom stereocenters. The van der Waals surface area contributed by atoms with Crippen molar-refractivity contribution in [3.63, 3.8) is 0 Å². The summed E-state index contributed by atoms with van der Waals surface area (Å²) < 4.78 is 36.0. The average molecular weight is 349 g/mol. The van der Waals surface area contributed by atoms with E-state index >= 15 is 0 Å². The van der Waals surface area contributed by atoms with Crippen molar-refractivity contribution in [3.05, 3.63) is 0 Å². The van der Waals surface area contributed by atoms with Crippen LogP contribution in [0.15, 0.2) is 0 Å². The average Bonchev–Trinajstić information content (AvgIpc) is 2.35. The molecule has 0 rings (SSSR count). The van der Waals surface area contributed by atoms with Gasteiger partial charge in [-0.15, -0.1) is 0 Å².